The van der Waals surface area contributed by atoms with Crippen LogP contribution in [-0.2, 0) is 4.79 Å². The second kappa shape index (κ2) is 6.28. The average molecular weight is 364 g/mol. The van der Waals surface area contributed by atoms with Gasteiger partial charge < -0.3 is 14.0 Å². The van der Waals surface area contributed by atoms with Crippen LogP contribution in [0.1, 0.15) is 33.7 Å². The minimum absolute atomic E-state index is 0.0544. The number of benzene rings is 1. The molecule has 2 aromatic heterocycles. The first-order valence-electron chi connectivity index (χ1n) is 8.33. The van der Waals surface area contributed by atoms with Crippen molar-refractivity contribution in [3.63, 3.8) is 0 Å². The van der Waals surface area contributed by atoms with Gasteiger partial charge in [0.15, 0.2) is 17.3 Å². The Hall–Kier alpha value is -3.61. The van der Waals surface area contributed by atoms with Crippen LogP contribution in [0.5, 0.6) is 0 Å². The molecule has 0 aliphatic carbocycles. The Kier molecular flexibility index (Phi) is 3.92. The number of carbonyl (C=O) groups excluding carboxylic acids is 2. The molecule has 0 radical (unpaired) electrons. The van der Waals surface area contributed by atoms with Gasteiger partial charge in [0.25, 0.3) is 5.91 Å². The van der Waals surface area contributed by atoms with Crippen molar-refractivity contribution >= 4 is 17.5 Å². The fourth-order valence-electron chi connectivity index (χ4n) is 3.18. The second-order valence-electron chi connectivity index (χ2n) is 6.29. The summed E-state index contributed by atoms with van der Waals surface area (Å²) in [6.45, 7) is 3.41. The number of rotatable bonds is 4. The number of aromatic nitrogens is 1. The number of anilines is 1. The largest absolute Gasteiger partial charge is 0.503 e. The van der Waals surface area contributed by atoms with Crippen LogP contribution < -0.4 is 4.90 Å². The molecule has 1 N–H and O–H groups in total. The highest BCUT2D eigenvalue weighted by Gasteiger charge is 2.46. The van der Waals surface area contributed by atoms with Crippen molar-refractivity contribution in [2.45, 2.75) is 19.9 Å². The van der Waals surface area contributed by atoms with Crippen LogP contribution in [0, 0.1) is 13.8 Å². The van der Waals surface area contributed by atoms with E-state index < -0.39 is 23.5 Å². The van der Waals surface area contributed by atoms with Crippen LogP contribution in [0.2, 0.25) is 0 Å². The first-order chi connectivity index (χ1) is 13.0. The Labute approximate surface area is 154 Å². The van der Waals surface area contributed by atoms with E-state index in [1.54, 1.807) is 50.2 Å². The number of furan rings is 1. The molecule has 0 saturated carbocycles. The zero-order valence-electron chi connectivity index (χ0n) is 14.7. The lowest BCUT2D eigenvalue weighted by molar-refractivity contribution is -0.117. The summed E-state index contributed by atoms with van der Waals surface area (Å²) in [5, 5.41) is 14.4. The predicted octanol–water partition coefficient (Wildman–Crippen LogP) is 3.67. The van der Waals surface area contributed by atoms with E-state index in [-0.39, 0.29) is 17.2 Å². The van der Waals surface area contributed by atoms with E-state index in [2.05, 4.69) is 5.16 Å². The van der Waals surface area contributed by atoms with Crippen molar-refractivity contribution in [3.05, 3.63) is 82.7 Å². The van der Waals surface area contributed by atoms with Gasteiger partial charge in [0.2, 0.25) is 5.78 Å². The summed E-state index contributed by atoms with van der Waals surface area (Å²) >= 11 is 0. The molecule has 136 valence electrons. The number of nitrogens with zero attached hydrogens (tertiary/aromatic N) is 2. The monoisotopic (exact) mass is 364 g/mol. The molecule has 1 aromatic carbocycles. The van der Waals surface area contributed by atoms with Crippen molar-refractivity contribution in [3.8, 4) is 0 Å². The van der Waals surface area contributed by atoms with Crippen molar-refractivity contribution in [2.75, 3.05) is 4.90 Å². The molecule has 4 rings (SSSR count). The van der Waals surface area contributed by atoms with Crippen molar-refractivity contribution < 1.29 is 23.6 Å². The normalized spacial score (nSPS) is 17.0. The lowest BCUT2D eigenvalue weighted by atomic mass is 9.95. The van der Waals surface area contributed by atoms with Gasteiger partial charge >= 0.3 is 0 Å². The lowest BCUT2D eigenvalue weighted by Gasteiger charge is -2.24. The number of Topliss-reactive ketones (excluding diaryl/α,β-unsaturated/α-hetero) is 1. The highest BCUT2D eigenvalue weighted by molar-refractivity contribution is 6.19. The van der Waals surface area contributed by atoms with Crippen LogP contribution >= 0.6 is 0 Å². The third kappa shape index (κ3) is 2.73. The Bertz CT molecular complexity index is 1060. The average Bonchev–Trinajstić information content (AvgIpc) is 3.35. The minimum atomic E-state index is -0.846. The molecule has 0 spiro atoms. The van der Waals surface area contributed by atoms with Gasteiger partial charge in [-0.05, 0) is 31.5 Å². The summed E-state index contributed by atoms with van der Waals surface area (Å²) in [5.74, 6) is -0.552. The fraction of sp³-hybridized carbons (Fsp3) is 0.150. The van der Waals surface area contributed by atoms with E-state index in [9.17, 15) is 14.7 Å². The van der Waals surface area contributed by atoms with E-state index in [0.717, 1.165) is 0 Å². The number of aliphatic hydroxyl groups is 1. The highest BCUT2D eigenvalue weighted by atomic mass is 16.5. The zero-order valence-corrected chi connectivity index (χ0v) is 14.7. The van der Waals surface area contributed by atoms with Gasteiger partial charge in [-0.25, -0.2) is 0 Å². The molecule has 1 aliphatic rings. The molecule has 3 aromatic rings. The molecule has 0 fully saturated rings. The number of aryl methyl sites for hydroxylation is 2. The van der Waals surface area contributed by atoms with E-state index in [0.29, 0.717) is 17.1 Å². The molecule has 7 nitrogen and oxygen atoms in total. The Morgan fingerprint density at radius 1 is 1.11 bits per heavy atom. The van der Waals surface area contributed by atoms with Crippen LogP contribution in [-0.4, -0.2) is 22.0 Å². The molecule has 1 atom stereocenters. The van der Waals surface area contributed by atoms with Gasteiger partial charge in [-0.3, -0.25) is 14.5 Å². The molecular formula is C20H16N2O5. The minimum Gasteiger partial charge on any atom is -0.503 e. The lowest BCUT2D eigenvalue weighted by Crippen LogP contribution is -2.31. The maximum atomic E-state index is 13.0. The third-order valence-corrected chi connectivity index (χ3v) is 4.39. The van der Waals surface area contributed by atoms with Crippen LogP contribution in [0.15, 0.2) is 68.8 Å². The third-order valence-electron chi connectivity index (χ3n) is 4.39. The van der Waals surface area contributed by atoms with Crippen molar-refractivity contribution in [2.24, 2.45) is 0 Å². The van der Waals surface area contributed by atoms with Crippen molar-refractivity contribution in [1.29, 1.82) is 0 Å². The molecule has 1 amide bonds. The quantitative estimate of drug-likeness (QED) is 0.710. The van der Waals surface area contributed by atoms with Gasteiger partial charge in [-0.2, -0.15) is 0 Å². The number of carbonyl (C=O) groups is 2. The maximum Gasteiger partial charge on any atom is 0.295 e. The SMILES string of the molecule is Cc1cc(N2C(=O)C(O)=C(C(=O)c3ccc(C)o3)C2c2ccccc2)no1. The van der Waals surface area contributed by atoms with Gasteiger partial charge in [-0.1, -0.05) is 35.5 Å². The first kappa shape index (κ1) is 16.8. The van der Waals surface area contributed by atoms with Gasteiger partial charge in [0.05, 0.1) is 11.6 Å². The Balaban J connectivity index is 1.87. The number of amides is 1. The molecule has 27 heavy (non-hydrogen) atoms. The topological polar surface area (TPSA) is 96.8 Å². The van der Waals surface area contributed by atoms with E-state index in [1.807, 2.05) is 6.07 Å². The molecule has 0 bridgehead atoms. The van der Waals surface area contributed by atoms with Gasteiger partial charge in [-0.15, -0.1) is 0 Å². The number of ketones is 1. The highest BCUT2D eigenvalue weighted by Crippen LogP contribution is 2.41. The summed E-state index contributed by atoms with van der Waals surface area (Å²) < 4.78 is 10.5. The second-order valence-corrected chi connectivity index (χ2v) is 6.29. The van der Waals surface area contributed by atoms with Crippen molar-refractivity contribution in [1.82, 2.24) is 5.16 Å². The molecule has 7 heteroatoms. The van der Waals surface area contributed by atoms with E-state index >= 15 is 0 Å². The maximum absolute atomic E-state index is 13.0. The smallest absolute Gasteiger partial charge is 0.295 e. The summed E-state index contributed by atoms with van der Waals surface area (Å²) in [6.07, 6.45) is 0. The van der Waals surface area contributed by atoms with Crippen LogP contribution in [0.4, 0.5) is 5.82 Å². The molecule has 0 saturated heterocycles. The Morgan fingerprint density at radius 3 is 2.44 bits per heavy atom. The number of aliphatic hydroxyl groups excluding tert-OH is 1. The first-order valence-corrected chi connectivity index (χ1v) is 8.33. The van der Waals surface area contributed by atoms with Gasteiger partial charge in [0, 0.05) is 6.07 Å². The molecular weight excluding hydrogens is 348 g/mol. The standard InChI is InChI=1S/C20H16N2O5/c1-11-8-9-14(26-11)18(23)16-17(13-6-4-3-5-7-13)22(20(25)19(16)24)15-10-12(2)27-21-15/h3-10,17,24H,1-2H3. The fourth-order valence-corrected chi connectivity index (χ4v) is 3.18. The molecule has 1 aliphatic heterocycles. The van der Waals surface area contributed by atoms with Crippen LogP contribution in [0.3, 0.4) is 0 Å². The molecule has 1 unspecified atom stereocenters. The predicted molar refractivity (Wildman–Crippen MR) is 95.3 cm³/mol. The summed E-state index contributed by atoms with van der Waals surface area (Å²) in [4.78, 5) is 27.1. The van der Waals surface area contributed by atoms with Gasteiger partial charge in [0.1, 0.15) is 11.5 Å². The Morgan fingerprint density at radius 2 is 1.85 bits per heavy atom. The van der Waals surface area contributed by atoms with E-state index in [4.69, 9.17) is 8.94 Å². The number of hydrogen-bond donors (Lipinski definition) is 1. The van der Waals surface area contributed by atoms with Crippen LogP contribution in [0.25, 0.3) is 0 Å². The summed E-state index contributed by atoms with van der Waals surface area (Å²) in [5.41, 5.74) is 0.600. The summed E-state index contributed by atoms with van der Waals surface area (Å²) in [6, 6.07) is 12.9. The zero-order chi connectivity index (χ0) is 19.1. The number of hydrogen-bond acceptors (Lipinski definition) is 6. The molecule has 3 heterocycles. The van der Waals surface area contributed by atoms with E-state index in [1.165, 1.54) is 11.0 Å². The summed E-state index contributed by atoms with van der Waals surface area (Å²) in [7, 11) is 0.